The van der Waals surface area contributed by atoms with Crippen molar-refractivity contribution in [2.75, 3.05) is 30.9 Å². The molecule has 2 aromatic heterocycles. The number of amides is 1. The fourth-order valence-corrected chi connectivity index (χ4v) is 5.48. The summed E-state index contributed by atoms with van der Waals surface area (Å²) in [7, 11) is 4.07. The van der Waals surface area contributed by atoms with Crippen LogP contribution in [0.25, 0.3) is 5.69 Å². The van der Waals surface area contributed by atoms with E-state index in [1.54, 1.807) is 6.20 Å². The molecule has 1 saturated heterocycles. The van der Waals surface area contributed by atoms with Gasteiger partial charge in [0.25, 0.3) is 0 Å². The number of carbonyl (C=O) groups is 1. The van der Waals surface area contributed by atoms with E-state index in [-0.39, 0.29) is 24.5 Å². The normalized spacial score (nSPS) is 16.8. The van der Waals surface area contributed by atoms with Gasteiger partial charge in [0.15, 0.2) is 5.11 Å². The number of rotatable bonds is 7. The number of carbonyl (C=O) groups excluding carboxylic acids is 1. The van der Waals surface area contributed by atoms with E-state index in [4.69, 9.17) is 12.2 Å². The second-order valence-corrected chi connectivity index (χ2v) is 10.1. The van der Waals surface area contributed by atoms with Gasteiger partial charge < -0.3 is 25.0 Å². The molecule has 0 saturated carbocycles. The smallest absolute Gasteiger partial charge is 0.244 e. The highest BCUT2D eigenvalue weighted by Gasteiger charge is 2.42. The molecule has 1 aliphatic rings. The first kappa shape index (κ1) is 25.5. The fourth-order valence-electron chi connectivity index (χ4n) is 5.18. The van der Waals surface area contributed by atoms with Crippen LogP contribution in [0.15, 0.2) is 85.1 Å². The molecule has 4 aromatic rings. The van der Waals surface area contributed by atoms with Crippen molar-refractivity contribution in [1.29, 1.82) is 0 Å². The number of nitrogens with zero attached hydrogens (tertiary/aromatic N) is 4. The molecule has 2 N–H and O–H groups in total. The zero-order chi connectivity index (χ0) is 26.8. The highest BCUT2D eigenvalue weighted by molar-refractivity contribution is 7.80. The third-order valence-electron chi connectivity index (χ3n) is 6.98. The van der Waals surface area contributed by atoms with Gasteiger partial charge in [-0.3, -0.25) is 9.78 Å². The molecule has 1 fully saturated rings. The van der Waals surface area contributed by atoms with Crippen molar-refractivity contribution >= 4 is 34.6 Å². The molecule has 8 heteroatoms. The molecule has 0 unspecified atom stereocenters. The first-order chi connectivity index (χ1) is 18.3. The summed E-state index contributed by atoms with van der Waals surface area (Å²) in [5.74, 6) is -0.125. The van der Waals surface area contributed by atoms with E-state index in [2.05, 4.69) is 69.3 Å². The van der Waals surface area contributed by atoms with E-state index in [1.165, 1.54) is 0 Å². The van der Waals surface area contributed by atoms with Crippen molar-refractivity contribution in [3.63, 3.8) is 0 Å². The number of aryl methyl sites for hydroxylation is 1. The van der Waals surface area contributed by atoms with Gasteiger partial charge in [-0.1, -0.05) is 24.3 Å². The lowest BCUT2D eigenvalue weighted by Crippen LogP contribution is -2.37. The fraction of sp³-hybridized carbons (Fsp3) is 0.233. The van der Waals surface area contributed by atoms with Crippen LogP contribution >= 0.6 is 12.2 Å². The molecule has 5 rings (SSSR count). The quantitative estimate of drug-likeness (QED) is 0.326. The van der Waals surface area contributed by atoms with Crippen LogP contribution in [-0.4, -0.2) is 46.1 Å². The highest BCUT2D eigenvalue weighted by atomic mass is 32.1. The largest absolute Gasteiger partial charge is 0.378 e. The predicted octanol–water partition coefficient (Wildman–Crippen LogP) is 5.17. The molecule has 3 heterocycles. The molecule has 0 spiro atoms. The number of hydrogen-bond acceptors (Lipinski definition) is 4. The molecule has 2 atom stereocenters. The summed E-state index contributed by atoms with van der Waals surface area (Å²) in [4.78, 5) is 21.8. The Morgan fingerprint density at radius 3 is 2.39 bits per heavy atom. The zero-order valence-corrected chi connectivity index (χ0v) is 22.9. The number of pyridine rings is 1. The van der Waals surface area contributed by atoms with E-state index in [9.17, 15) is 4.79 Å². The molecule has 38 heavy (non-hydrogen) atoms. The minimum atomic E-state index is -0.208. The predicted molar refractivity (Wildman–Crippen MR) is 157 cm³/mol. The Balaban J connectivity index is 1.52. The molecule has 1 aliphatic heterocycles. The minimum Gasteiger partial charge on any atom is -0.378 e. The van der Waals surface area contributed by atoms with Gasteiger partial charge in [0.2, 0.25) is 5.91 Å². The van der Waals surface area contributed by atoms with Crippen molar-refractivity contribution in [3.05, 3.63) is 108 Å². The summed E-state index contributed by atoms with van der Waals surface area (Å²) >= 11 is 5.79. The SMILES string of the molecule is Cc1cc([C@@H]2[C@H](c3ccccn3)NC(=S)N2CC(=O)Nc2ccccc2)c(C)n1-c1ccc(N(C)C)cc1. The number of hydrogen-bond donors (Lipinski definition) is 2. The van der Waals surface area contributed by atoms with Gasteiger partial charge in [0, 0.05) is 48.7 Å². The Morgan fingerprint density at radius 1 is 1.03 bits per heavy atom. The summed E-state index contributed by atoms with van der Waals surface area (Å²) in [5.41, 5.74) is 7.20. The van der Waals surface area contributed by atoms with Crippen molar-refractivity contribution in [3.8, 4) is 5.69 Å². The summed E-state index contributed by atoms with van der Waals surface area (Å²) < 4.78 is 2.26. The highest BCUT2D eigenvalue weighted by Crippen LogP contribution is 2.41. The first-order valence-electron chi connectivity index (χ1n) is 12.6. The number of thiocarbonyl (C=S) groups is 1. The van der Waals surface area contributed by atoms with Crippen LogP contribution in [0.3, 0.4) is 0 Å². The molecule has 0 bridgehead atoms. The van der Waals surface area contributed by atoms with Crippen LogP contribution in [0, 0.1) is 13.8 Å². The third-order valence-corrected chi connectivity index (χ3v) is 7.33. The Morgan fingerprint density at radius 2 is 1.74 bits per heavy atom. The molecule has 0 aliphatic carbocycles. The van der Waals surface area contributed by atoms with Gasteiger partial charge in [-0.2, -0.15) is 0 Å². The molecule has 7 nitrogen and oxygen atoms in total. The topological polar surface area (TPSA) is 65.4 Å². The van der Waals surface area contributed by atoms with E-state index in [1.807, 2.05) is 67.5 Å². The summed E-state index contributed by atoms with van der Waals surface area (Å²) in [6.07, 6.45) is 1.79. The van der Waals surface area contributed by atoms with Gasteiger partial charge in [-0.15, -0.1) is 0 Å². The number of benzene rings is 2. The second kappa shape index (κ2) is 10.7. The second-order valence-electron chi connectivity index (χ2n) is 9.74. The molecule has 1 amide bonds. The number of aromatic nitrogens is 2. The average Bonchev–Trinajstić information content (AvgIpc) is 3.39. The number of para-hydroxylation sites is 1. The lowest BCUT2D eigenvalue weighted by Gasteiger charge is -2.27. The maximum atomic E-state index is 13.1. The van der Waals surface area contributed by atoms with E-state index < -0.39 is 0 Å². The standard InChI is InChI=1S/C30H32N6OS/c1-20-18-25(21(2)36(20)24-15-13-23(14-16-24)34(3)4)29-28(26-12-8-9-17-31-26)33-30(38)35(29)19-27(37)32-22-10-6-5-7-11-22/h5-18,28-29H,19H2,1-4H3,(H,32,37)(H,33,38)/t28-,29+/m0/s1. The molecule has 2 aromatic carbocycles. The van der Waals surface area contributed by atoms with Gasteiger partial charge >= 0.3 is 0 Å². The molecule has 194 valence electrons. The lowest BCUT2D eigenvalue weighted by molar-refractivity contribution is -0.116. The lowest BCUT2D eigenvalue weighted by atomic mass is 9.96. The van der Waals surface area contributed by atoms with Crippen molar-refractivity contribution in [1.82, 2.24) is 19.8 Å². The average molecular weight is 525 g/mol. The Bertz CT molecular complexity index is 1430. The van der Waals surface area contributed by atoms with E-state index in [0.717, 1.165) is 39.7 Å². The maximum absolute atomic E-state index is 13.1. The summed E-state index contributed by atoms with van der Waals surface area (Å²) in [5, 5.41) is 6.98. The number of anilines is 2. The van der Waals surface area contributed by atoms with Crippen LogP contribution in [-0.2, 0) is 4.79 Å². The summed E-state index contributed by atoms with van der Waals surface area (Å²) in [6.45, 7) is 4.36. The van der Waals surface area contributed by atoms with Crippen molar-refractivity contribution in [2.45, 2.75) is 25.9 Å². The van der Waals surface area contributed by atoms with Crippen LogP contribution in [0.5, 0.6) is 0 Å². The Kier molecular flexibility index (Phi) is 7.15. The Labute approximate surface area is 229 Å². The van der Waals surface area contributed by atoms with Gasteiger partial charge in [-0.05, 0) is 86.2 Å². The first-order valence-corrected chi connectivity index (χ1v) is 13.0. The van der Waals surface area contributed by atoms with E-state index in [0.29, 0.717) is 5.11 Å². The maximum Gasteiger partial charge on any atom is 0.244 e. The van der Waals surface area contributed by atoms with Crippen LogP contribution < -0.4 is 15.5 Å². The third kappa shape index (κ3) is 4.99. The summed E-state index contributed by atoms with van der Waals surface area (Å²) in [6, 6.07) is 25.7. The Hall–Kier alpha value is -4.17. The van der Waals surface area contributed by atoms with Gasteiger partial charge in [0.05, 0.1) is 17.8 Å². The van der Waals surface area contributed by atoms with Gasteiger partial charge in [-0.25, -0.2) is 0 Å². The molecular formula is C30H32N6OS. The van der Waals surface area contributed by atoms with Crippen LogP contribution in [0.2, 0.25) is 0 Å². The van der Waals surface area contributed by atoms with E-state index >= 15 is 0 Å². The van der Waals surface area contributed by atoms with Crippen molar-refractivity contribution in [2.24, 2.45) is 0 Å². The van der Waals surface area contributed by atoms with Crippen LogP contribution in [0.4, 0.5) is 11.4 Å². The zero-order valence-electron chi connectivity index (χ0n) is 22.1. The van der Waals surface area contributed by atoms with Crippen LogP contribution in [0.1, 0.15) is 34.7 Å². The molecule has 0 radical (unpaired) electrons. The number of nitrogens with one attached hydrogen (secondary N) is 2. The molecular weight excluding hydrogens is 492 g/mol. The van der Waals surface area contributed by atoms with Gasteiger partial charge in [0.1, 0.15) is 6.54 Å². The van der Waals surface area contributed by atoms with Crippen molar-refractivity contribution < 1.29 is 4.79 Å². The monoisotopic (exact) mass is 524 g/mol. The minimum absolute atomic E-state index is 0.121.